The summed E-state index contributed by atoms with van der Waals surface area (Å²) in [6.45, 7) is 2.13. The van der Waals surface area contributed by atoms with Crippen LogP contribution in [0.1, 0.15) is 29.3 Å². The van der Waals surface area contributed by atoms with Crippen molar-refractivity contribution in [2.75, 3.05) is 24.2 Å². The number of piperidine rings is 1. The van der Waals surface area contributed by atoms with Crippen LogP contribution >= 0.6 is 35.5 Å². The van der Waals surface area contributed by atoms with Crippen LogP contribution in [-0.4, -0.2) is 34.7 Å². The Hall–Kier alpha value is -1.15. The normalized spacial score (nSPS) is 14.8. The van der Waals surface area contributed by atoms with Gasteiger partial charge < -0.3 is 10.6 Å². The highest BCUT2D eigenvalue weighted by atomic mass is 35.5. The second-order valence-corrected chi connectivity index (χ2v) is 7.50. The number of pyridine rings is 1. The predicted molar refractivity (Wildman–Crippen MR) is 103 cm³/mol. The van der Waals surface area contributed by atoms with E-state index in [0.717, 1.165) is 37.4 Å². The Kier molecular flexibility index (Phi) is 7.98. The van der Waals surface area contributed by atoms with E-state index in [0.29, 0.717) is 16.8 Å². The smallest absolute Gasteiger partial charge is 0.236 e. The fourth-order valence-electron chi connectivity index (χ4n) is 2.53. The van der Waals surface area contributed by atoms with Gasteiger partial charge in [0.2, 0.25) is 5.91 Å². The molecule has 3 rings (SSSR count). The number of thiazole rings is 1. The lowest BCUT2D eigenvalue weighted by molar-refractivity contribution is -0.113. The average Bonchev–Trinajstić information content (AvgIpc) is 3.05. The summed E-state index contributed by atoms with van der Waals surface area (Å²) < 4.78 is 0. The van der Waals surface area contributed by atoms with Crippen molar-refractivity contribution in [2.45, 2.75) is 24.5 Å². The highest BCUT2D eigenvalue weighted by Crippen LogP contribution is 2.31. The van der Waals surface area contributed by atoms with Gasteiger partial charge in [0, 0.05) is 23.0 Å². The highest BCUT2D eigenvalue weighted by molar-refractivity contribution is 7.99. The van der Waals surface area contributed by atoms with E-state index in [9.17, 15) is 4.79 Å². The number of hydrogen-bond donors (Lipinski definition) is 2. The average molecular weight is 385 g/mol. The van der Waals surface area contributed by atoms with Gasteiger partial charge in [-0.25, -0.2) is 4.98 Å². The molecule has 2 aromatic rings. The van der Waals surface area contributed by atoms with E-state index in [1.807, 2.05) is 24.4 Å². The number of aromatic nitrogens is 2. The topological polar surface area (TPSA) is 66.9 Å². The number of hydrogen-bond acceptors (Lipinski definition) is 6. The summed E-state index contributed by atoms with van der Waals surface area (Å²) in [4.78, 5) is 21.9. The molecule has 0 aliphatic carbocycles. The zero-order chi connectivity index (χ0) is 15.9. The van der Waals surface area contributed by atoms with Crippen LogP contribution in [0.4, 0.5) is 5.13 Å². The number of nitrogens with one attached hydrogen (secondary N) is 2. The van der Waals surface area contributed by atoms with Gasteiger partial charge in [0.25, 0.3) is 0 Å². The zero-order valence-corrected chi connectivity index (χ0v) is 15.7. The summed E-state index contributed by atoms with van der Waals surface area (Å²) in [6, 6.07) is 5.82. The number of nitrogens with zero attached hydrogens (tertiary/aromatic N) is 2. The first-order valence-electron chi connectivity index (χ1n) is 7.75. The van der Waals surface area contributed by atoms with Gasteiger partial charge >= 0.3 is 0 Å². The van der Waals surface area contributed by atoms with Gasteiger partial charge in [-0.2, -0.15) is 0 Å². The number of amides is 1. The molecule has 2 aromatic heterocycles. The van der Waals surface area contributed by atoms with Crippen LogP contribution in [0.25, 0.3) is 0 Å². The molecule has 3 heterocycles. The van der Waals surface area contributed by atoms with E-state index in [1.54, 1.807) is 29.3 Å². The Labute approximate surface area is 156 Å². The Morgan fingerprint density at radius 1 is 1.33 bits per heavy atom. The van der Waals surface area contributed by atoms with E-state index in [1.165, 1.54) is 4.88 Å². The first kappa shape index (κ1) is 19.2. The lowest BCUT2D eigenvalue weighted by atomic mass is 9.97. The molecule has 1 amide bonds. The molecule has 0 radical (unpaired) electrons. The van der Waals surface area contributed by atoms with Gasteiger partial charge in [-0.15, -0.1) is 35.5 Å². The van der Waals surface area contributed by atoms with Crippen LogP contribution in [0.3, 0.4) is 0 Å². The Morgan fingerprint density at radius 2 is 2.17 bits per heavy atom. The molecule has 0 unspecified atom stereocenters. The van der Waals surface area contributed by atoms with Crippen molar-refractivity contribution in [3.8, 4) is 0 Å². The zero-order valence-electron chi connectivity index (χ0n) is 13.2. The van der Waals surface area contributed by atoms with Gasteiger partial charge in [-0.1, -0.05) is 6.07 Å². The molecule has 1 fully saturated rings. The number of rotatable bonds is 6. The maximum Gasteiger partial charge on any atom is 0.236 e. The SMILES string of the molecule is Cl.O=C(CSCc1ccccn1)Nc1ncc(C2CCNCC2)s1. The molecule has 0 saturated carbocycles. The Balaban J connectivity index is 0.00000208. The standard InChI is InChI=1S/C16H20N4OS2.ClH/c21-15(11-22-10-13-3-1-2-6-18-13)20-16-19-9-14(23-16)12-4-7-17-8-5-12;/h1-3,6,9,12,17H,4-5,7-8,10-11H2,(H,19,20,21);1H. The number of carbonyl (C=O) groups excluding carboxylic acids is 1. The van der Waals surface area contributed by atoms with Gasteiger partial charge in [0.1, 0.15) is 0 Å². The van der Waals surface area contributed by atoms with Crippen LogP contribution in [0.15, 0.2) is 30.6 Å². The molecule has 130 valence electrons. The molecule has 1 aliphatic heterocycles. The lowest BCUT2D eigenvalue weighted by Gasteiger charge is -2.20. The molecule has 1 aliphatic rings. The molecule has 5 nitrogen and oxygen atoms in total. The maximum absolute atomic E-state index is 12.0. The van der Waals surface area contributed by atoms with Gasteiger partial charge in [-0.3, -0.25) is 9.78 Å². The van der Waals surface area contributed by atoms with Crippen LogP contribution in [0, 0.1) is 0 Å². The van der Waals surface area contributed by atoms with Crippen molar-refractivity contribution in [3.63, 3.8) is 0 Å². The van der Waals surface area contributed by atoms with Crippen molar-refractivity contribution in [1.29, 1.82) is 0 Å². The number of carbonyl (C=O) groups is 1. The van der Waals surface area contributed by atoms with Gasteiger partial charge in [0.15, 0.2) is 5.13 Å². The molecule has 8 heteroatoms. The summed E-state index contributed by atoms with van der Waals surface area (Å²) in [5.41, 5.74) is 0.993. The van der Waals surface area contributed by atoms with Crippen LogP contribution < -0.4 is 10.6 Å². The predicted octanol–water partition coefficient (Wildman–Crippen LogP) is 3.30. The van der Waals surface area contributed by atoms with Gasteiger partial charge in [0.05, 0.1) is 11.4 Å². The first-order valence-corrected chi connectivity index (χ1v) is 9.72. The highest BCUT2D eigenvalue weighted by Gasteiger charge is 2.18. The molecule has 0 spiro atoms. The maximum atomic E-state index is 12.0. The number of thioether (sulfide) groups is 1. The summed E-state index contributed by atoms with van der Waals surface area (Å²) in [6.07, 6.45) is 5.98. The van der Waals surface area contributed by atoms with Crippen molar-refractivity contribution < 1.29 is 4.79 Å². The van der Waals surface area contributed by atoms with Gasteiger partial charge in [-0.05, 0) is 44.0 Å². The Bertz CT molecular complexity index is 632. The van der Waals surface area contributed by atoms with E-state index in [2.05, 4.69) is 20.6 Å². The minimum absolute atomic E-state index is 0. The third kappa shape index (κ3) is 5.73. The molecule has 2 N–H and O–H groups in total. The lowest BCUT2D eigenvalue weighted by Crippen LogP contribution is -2.26. The molecule has 0 bridgehead atoms. The molecular formula is C16H21ClN4OS2. The van der Waals surface area contributed by atoms with Crippen molar-refractivity contribution >= 4 is 46.5 Å². The second kappa shape index (κ2) is 9.98. The fraction of sp³-hybridized carbons (Fsp3) is 0.438. The fourth-order valence-corrected chi connectivity index (χ4v) is 4.27. The van der Waals surface area contributed by atoms with Crippen molar-refractivity contribution in [1.82, 2.24) is 15.3 Å². The Morgan fingerprint density at radius 3 is 2.92 bits per heavy atom. The minimum Gasteiger partial charge on any atom is -0.317 e. The number of anilines is 1. The quantitative estimate of drug-likeness (QED) is 0.799. The van der Waals surface area contributed by atoms with E-state index in [4.69, 9.17) is 0 Å². The summed E-state index contributed by atoms with van der Waals surface area (Å²) in [7, 11) is 0. The first-order chi connectivity index (χ1) is 11.3. The summed E-state index contributed by atoms with van der Waals surface area (Å²) in [5, 5.41) is 6.98. The summed E-state index contributed by atoms with van der Waals surface area (Å²) >= 11 is 3.17. The molecule has 0 atom stereocenters. The monoisotopic (exact) mass is 384 g/mol. The minimum atomic E-state index is -0.00265. The van der Waals surface area contributed by atoms with E-state index < -0.39 is 0 Å². The van der Waals surface area contributed by atoms with E-state index in [-0.39, 0.29) is 18.3 Å². The third-order valence-corrected chi connectivity index (χ3v) is 5.76. The second-order valence-electron chi connectivity index (χ2n) is 5.45. The molecule has 0 aromatic carbocycles. The van der Waals surface area contributed by atoms with Crippen LogP contribution in [0.5, 0.6) is 0 Å². The van der Waals surface area contributed by atoms with Crippen molar-refractivity contribution in [2.24, 2.45) is 0 Å². The number of halogens is 1. The van der Waals surface area contributed by atoms with E-state index >= 15 is 0 Å². The summed E-state index contributed by atoms with van der Waals surface area (Å²) in [5.74, 6) is 1.74. The molecular weight excluding hydrogens is 364 g/mol. The third-order valence-electron chi connectivity index (χ3n) is 3.72. The molecule has 24 heavy (non-hydrogen) atoms. The van der Waals surface area contributed by atoms with Crippen LogP contribution in [0.2, 0.25) is 0 Å². The van der Waals surface area contributed by atoms with Crippen LogP contribution in [-0.2, 0) is 10.5 Å². The molecule has 1 saturated heterocycles. The largest absolute Gasteiger partial charge is 0.317 e. The van der Waals surface area contributed by atoms with Crippen molar-refractivity contribution in [3.05, 3.63) is 41.2 Å².